The molecule has 1 aliphatic heterocycles. The smallest absolute Gasteiger partial charge is 0.357 e. The summed E-state index contributed by atoms with van der Waals surface area (Å²) in [6, 6.07) is 16.1. The Morgan fingerprint density at radius 3 is 2.56 bits per heavy atom. The van der Waals surface area contributed by atoms with Crippen LogP contribution in [0.3, 0.4) is 0 Å². The summed E-state index contributed by atoms with van der Waals surface area (Å²) in [4.78, 5) is 45.4. The molecule has 0 unspecified atom stereocenters. The summed E-state index contributed by atoms with van der Waals surface area (Å²) in [6.45, 7) is 1.43. The van der Waals surface area contributed by atoms with Crippen LogP contribution in [0.5, 0.6) is 5.75 Å². The number of fused-ring (bicyclic) bond motifs is 3. The third kappa shape index (κ3) is 5.89. The molecule has 9 nitrogen and oxygen atoms in total. The van der Waals surface area contributed by atoms with Crippen LogP contribution in [0.1, 0.15) is 61.7 Å². The molecule has 2 aromatic carbocycles. The Balaban J connectivity index is 1.44. The molecule has 10 heteroatoms. The van der Waals surface area contributed by atoms with Crippen molar-refractivity contribution in [2.24, 2.45) is 11.7 Å². The van der Waals surface area contributed by atoms with E-state index in [1.54, 1.807) is 47.7 Å². The summed E-state index contributed by atoms with van der Waals surface area (Å²) in [5, 5.41) is 7.92. The minimum absolute atomic E-state index is 0.0643. The number of carbonyl (C=O) groups is 3. The van der Waals surface area contributed by atoms with Gasteiger partial charge in [0, 0.05) is 52.3 Å². The van der Waals surface area contributed by atoms with E-state index in [9.17, 15) is 14.4 Å². The largest absolute Gasteiger partial charge is 0.493 e. The molecule has 220 valence electrons. The van der Waals surface area contributed by atoms with Crippen LogP contribution in [0.25, 0.3) is 21.6 Å². The van der Waals surface area contributed by atoms with Crippen LogP contribution >= 0.6 is 11.3 Å². The van der Waals surface area contributed by atoms with E-state index >= 15 is 0 Å². The number of aromatic nitrogens is 1. The van der Waals surface area contributed by atoms with Crippen LogP contribution in [0.15, 0.2) is 60.0 Å². The third-order valence-corrected chi connectivity index (χ3v) is 9.00. The van der Waals surface area contributed by atoms with Gasteiger partial charge in [-0.3, -0.25) is 9.59 Å². The van der Waals surface area contributed by atoms with Gasteiger partial charge < -0.3 is 25.8 Å². The molecule has 43 heavy (non-hydrogen) atoms. The van der Waals surface area contributed by atoms with E-state index in [2.05, 4.69) is 21.7 Å². The van der Waals surface area contributed by atoms with Gasteiger partial charge in [0.15, 0.2) is 5.69 Å². The number of pyridine rings is 1. The van der Waals surface area contributed by atoms with Crippen LogP contribution in [0.2, 0.25) is 0 Å². The highest BCUT2D eigenvalue weighted by atomic mass is 32.1. The van der Waals surface area contributed by atoms with Crippen LogP contribution in [-0.2, 0) is 17.7 Å². The molecule has 4 aromatic rings. The second kappa shape index (κ2) is 12.4. The van der Waals surface area contributed by atoms with E-state index in [0.717, 1.165) is 40.8 Å². The average Bonchev–Trinajstić information content (AvgIpc) is 3.41. The van der Waals surface area contributed by atoms with Gasteiger partial charge in [0.25, 0.3) is 11.8 Å². The molecule has 3 heterocycles. The van der Waals surface area contributed by atoms with Gasteiger partial charge in [-0.15, -0.1) is 11.3 Å². The maximum absolute atomic E-state index is 13.9. The molecule has 1 saturated carbocycles. The highest BCUT2D eigenvalue weighted by molar-refractivity contribution is 7.13. The molecule has 0 bridgehead atoms. The number of rotatable bonds is 8. The number of ether oxygens (including phenoxy) is 2. The van der Waals surface area contributed by atoms with Crippen LogP contribution in [0, 0.1) is 5.92 Å². The van der Waals surface area contributed by atoms with Gasteiger partial charge in [0.05, 0.1) is 13.7 Å². The molecule has 0 radical (unpaired) electrons. The van der Waals surface area contributed by atoms with Crippen molar-refractivity contribution in [2.75, 3.05) is 25.6 Å². The maximum atomic E-state index is 13.9. The number of hydrogen-bond donors (Lipinski definition) is 3. The third-order valence-electron chi connectivity index (χ3n) is 8.01. The first-order valence-corrected chi connectivity index (χ1v) is 15.2. The standard InChI is InChI=1S/C33H32N4O5S/c1-41-33(40)29-23(9-10-27(37-29)32(39)35-18-20-3-2-4-20)24-16-28-26(30-21(11-13-42-28)12-14-43-30)15-25(24)31(38)36-22-7-5-19(17-34)6-8-22/h5-10,12,14-16,20H,2-4,11,13,17-18,34H2,1H3,(H,35,39)(H,36,38). The monoisotopic (exact) mass is 596 g/mol. The second-order valence-corrected chi connectivity index (χ2v) is 11.6. The molecule has 2 aliphatic rings. The minimum Gasteiger partial charge on any atom is -0.493 e. The number of anilines is 1. The number of nitrogens with two attached hydrogens (primary N) is 1. The van der Waals surface area contributed by atoms with Gasteiger partial charge in [-0.2, -0.15) is 0 Å². The quantitative estimate of drug-likeness (QED) is 0.231. The van der Waals surface area contributed by atoms with E-state index in [-0.39, 0.29) is 23.2 Å². The Hall–Kier alpha value is -4.54. The predicted octanol–water partition coefficient (Wildman–Crippen LogP) is 5.44. The highest BCUT2D eigenvalue weighted by Gasteiger charge is 2.27. The molecule has 6 rings (SSSR count). The number of hydrogen-bond acceptors (Lipinski definition) is 8. The van der Waals surface area contributed by atoms with Gasteiger partial charge in [-0.05, 0) is 77.7 Å². The van der Waals surface area contributed by atoms with Crippen molar-refractivity contribution in [2.45, 2.75) is 32.2 Å². The SMILES string of the molecule is COC(=O)c1nc(C(=O)NCC2CCC2)ccc1-c1cc2c(cc1C(=O)Nc1ccc(CN)cc1)-c1sccc1CCO2. The van der Waals surface area contributed by atoms with Crippen molar-refractivity contribution in [1.82, 2.24) is 10.3 Å². The summed E-state index contributed by atoms with van der Waals surface area (Å²) in [7, 11) is 1.26. The number of amides is 2. The zero-order chi connectivity index (χ0) is 29.9. The number of benzene rings is 2. The van der Waals surface area contributed by atoms with E-state index in [4.69, 9.17) is 15.2 Å². The molecular weight excluding hydrogens is 564 g/mol. The molecule has 1 fully saturated rings. The molecule has 0 spiro atoms. The molecule has 2 amide bonds. The van der Waals surface area contributed by atoms with E-state index < -0.39 is 5.97 Å². The van der Waals surface area contributed by atoms with Gasteiger partial charge in [-0.1, -0.05) is 18.6 Å². The van der Waals surface area contributed by atoms with E-state index in [1.165, 1.54) is 13.5 Å². The molecule has 0 saturated heterocycles. The number of nitrogens with zero attached hydrogens (tertiary/aromatic N) is 1. The summed E-state index contributed by atoms with van der Waals surface area (Å²) >= 11 is 1.59. The Bertz CT molecular complexity index is 1690. The highest BCUT2D eigenvalue weighted by Crippen LogP contribution is 2.43. The summed E-state index contributed by atoms with van der Waals surface area (Å²) in [5.41, 5.74) is 10.4. The molecule has 1 aliphatic carbocycles. The second-order valence-electron chi connectivity index (χ2n) is 10.7. The fraction of sp³-hybridized carbons (Fsp3) is 0.273. The first-order chi connectivity index (χ1) is 20.9. The first kappa shape index (κ1) is 28.6. The van der Waals surface area contributed by atoms with Crippen molar-refractivity contribution in [3.8, 4) is 27.3 Å². The van der Waals surface area contributed by atoms with Gasteiger partial charge in [0.2, 0.25) is 0 Å². The van der Waals surface area contributed by atoms with Crippen molar-refractivity contribution in [3.05, 3.63) is 88.1 Å². The lowest BCUT2D eigenvalue weighted by Crippen LogP contribution is -2.32. The summed E-state index contributed by atoms with van der Waals surface area (Å²) in [5.74, 6) is -0.391. The fourth-order valence-electron chi connectivity index (χ4n) is 5.33. The van der Waals surface area contributed by atoms with E-state index in [0.29, 0.717) is 53.7 Å². The number of nitrogens with one attached hydrogen (secondary N) is 2. The number of thiophene rings is 1. The average molecular weight is 597 g/mol. The Kier molecular flexibility index (Phi) is 8.22. The molecule has 0 atom stereocenters. The summed E-state index contributed by atoms with van der Waals surface area (Å²) < 4.78 is 11.2. The predicted molar refractivity (Wildman–Crippen MR) is 165 cm³/mol. The Labute approximate surface area is 253 Å². The molecule has 4 N–H and O–H groups in total. The number of methoxy groups -OCH3 is 1. The van der Waals surface area contributed by atoms with Crippen LogP contribution in [0.4, 0.5) is 5.69 Å². The lowest BCUT2D eigenvalue weighted by molar-refractivity contribution is 0.0594. The van der Waals surface area contributed by atoms with Gasteiger partial charge >= 0.3 is 5.97 Å². The van der Waals surface area contributed by atoms with Crippen LogP contribution < -0.4 is 21.1 Å². The van der Waals surface area contributed by atoms with Crippen molar-refractivity contribution >= 4 is 34.8 Å². The normalized spacial score (nSPS) is 13.9. The number of carbonyl (C=O) groups excluding carboxylic acids is 3. The fourth-order valence-corrected chi connectivity index (χ4v) is 6.31. The van der Waals surface area contributed by atoms with Crippen molar-refractivity contribution in [1.29, 1.82) is 0 Å². The maximum Gasteiger partial charge on any atom is 0.357 e. The van der Waals surface area contributed by atoms with Gasteiger partial charge in [-0.25, -0.2) is 9.78 Å². The number of esters is 1. The minimum atomic E-state index is -0.719. The summed E-state index contributed by atoms with van der Waals surface area (Å²) in [6.07, 6.45) is 4.09. The Morgan fingerprint density at radius 2 is 1.84 bits per heavy atom. The van der Waals surface area contributed by atoms with Crippen molar-refractivity contribution in [3.63, 3.8) is 0 Å². The Morgan fingerprint density at radius 1 is 1.02 bits per heavy atom. The zero-order valence-corrected chi connectivity index (χ0v) is 24.6. The lowest BCUT2D eigenvalue weighted by Gasteiger charge is -2.25. The molecule has 2 aromatic heterocycles. The first-order valence-electron chi connectivity index (χ1n) is 14.3. The molecular formula is C33H32N4O5S. The van der Waals surface area contributed by atoms with E-state index in [1.807, 2.05) is 17.5 Å². The van der Waals surface area contributed by atoms with Crippen LogP contribution in [-0.4, -0.2) is 43.0 Å². The van der Waals surface area contributed by atoms with Crippen molar-refractivity contribution < 1.29 is 23.9 Å². The van der Waals surface area contributed by atoms with Gasteiger partial charge in [0.1, 0.15) is 11.4 Å². The zero-order valence-electron chi connectivity index (χ0n) is 23.8. The topological polar surface area (TPSA) is 133 Å². The lowest BCUT2D eigenvalue weighted by atomic mass is 9.85.